The van der Waals surface area contributed by atoms with E-state index in [-0.39, 0.29) is 11.7 Å². The molecule has 1 amide bonds. The van der Waals surface area contributed by atoms with Crippen LogP contribution in [0.1, 0.15) is 45.4 Å². The van der Waals surface area contributed by atoms with Crippen LogP contribution in [0, 0.1) is 19.7 Å². The summed E-state index contributed by atoms with van der Waals surface area (Å²) in [5, 5.41) is 7.86. The summed E-state index contributed by atoms with van der Waals surface area (Å²) in [6.07, 6.45) is 0.981. The molecular formula is C28H27ClFN3O2. The van der Waals surface area contributed by atoms with Crippen LogP contribution in [-0.4, -0.2) is 15.7 Å². The molecule has 180 valence electrons. The Morgan fingerprint density at radius 3 is 2.54 bits per heavy atom. The topological polar surface area (TPSA) is 56.1 Å². The molecule has 1 aromatic heterocycles. The highest BCUT2D eigenvalue weighted by Gasteiger charge is 2.16. The molecule has 0 radical (unpaired) electrons. The number of aryl methyl sites for hydroxylation is 2. The van der Waals surface area contributed by atoms with Crippen LogP contribution in [0.4, 0.5) is 10.1 Å². The zero-order valence-corrected chi connectivity index (χ0v) is 20.7. The molecule has 0 aliphatic rings. The van der Waals surface area contributed by atoms with E-state index in [0.29, 0.717) is 35.1 Å². The fourth-order valence-corrected chi connectivity index (χ4v) is 4.05. The molecule has 0 unspecified atom stereocenters. The zero-order chi connectivity index (χ0) is 24.9. The van der Waals surface area contributed by atoms with E-state index in [2.05, 4.69) is 17.3 Å². The fraction of sp³-hybridized carbons (Fsp3) is 0.214. The SMILES string of the molecule is CCc1ccc(OCc2cccc(C(=O)Nc3c(C)nn(Cc4ccc(F)cc4Cl)c3C)c2)cc1. The highest BCUT2D eigenvalue weighted by atomic mass is 35.5. The van der Waals surface area contributed by atoms with Gasteiger partial charge in [-0.3, -0.25) is 9.48 Å². The third-order valence-corrected chi connectivity index (χ3v) is 6.23. The quantitative estimate of drug-likeness (QED) is 0.297. The molecule has 0 aliphatic carbocycles. The molecule has 0 atom stereocenters. The van der Waals surface area contributed by atoms with Crippen LogP contribution in [0.15, 0.2) is 66.7 Å². The van der Waals surface area contributed by atoms with Crippen LogP contribution >= 0.6 is 11.6 Å². The maximum atomic E-state index is 13.4. The van der Waals surface area contributed by atoms with Crippen LogP contribution in [0.25, 0.3) is 0 Å². The summed E-state index contributed by atoms with van der Waals surface area (Å²) in [4.78, 5) is 13.0. The van der Waals surface area contributed by atoms with Crippen molar-refractivity contribution < 1.29 is 13.9 Å². The fourth-order valence-electron chi connectivity index (χ4n) is 3.82. The summed E-state index contributed by atoms with van der Waals surface area (Å²) in [5.74, 6) is 0.170. The van der Waals surface area contributed by atoms with Crippen molar-refractivity contribution in [1.29, 1.82) is 0 Å². The van der Waals surface area contributed by atoms with Crippen molar-refractivity contribution >= 4 is 23.2 Å². The minimum Gasteiger partial charge on any atom is -0.489 e. The molecule has 0 spiro atoms. The van der Waals surface area contributed by atoms with E-state index in [4.69, 9.17) is 16.3 Å². The first kappa shape index (κ1) is 24.5. The van der Waals surface area contributed by atoms with Gasteiger partial charge in [0.2, 0.25) is 0 Å². The molecule has 35 heavy (non-hydrogen) atoms. The zero-order valence-electron chi connectivity index (χ0n) is 19.9. The normalized spacial score (nSPS) is 10.9. The lowest BCUT2D eigenvalue weighted by Crippen LogP contribution is -2.14. The minimum atomic E-state index is -0.387. The van der Waals surface area contributed by atoms with Crippen molar-refractivity contribution in [2.45, 2.75) is 40.3 Å². The van der Waals surface area contributed by atoms with E-state index in [1.807, 2.05) is 56.3 Å². The summed E-state index contributed by atoms with van der Waals surface area (Å²) < 4.78 is 21.0. The minimum absolute atomic E-state index is 0.232. The number of anilines is 1. The van der Waals surface area contributed by atoms with Gasteiger partial charge in [0.25, 0.3) is 5.91 Å². The second-order valence-corrected chi connectivity index (χ2v) is 8.79. The van der Waals surface area contributed by atoms with Gasteiger partial charge in [0.1, 0.15) is 18.2 Å². The number of carbonyl (C=O) groups is 1. The van der Waals surface area contributed by atoms with Crippen molar-refractivity contribution in [3.8, 4) is 5.75 Å². The van der Waals surface area contributed by atoms with Crippen molar-refractivity contribution in [2.75, 3.05) is 5.32 Å². The van der Waals surface area contributed by atoms with Crippen molar-refractivity contribution in [1.82, 2.24) is 9.78 Å². The van der Waals surface area contributed by atoms with Crippen molar-refractivity contribution in [2.24, 2.45) is 0 Å². The number of nitrogens with zero attached hydrogens (tertiary/aromatic N) is 2. The Balaban J connectivity index is 1.44. The standard InChI is InChI=1S/C28H27ClFN3O2/c1-4-20-8-12-25(13-9-20)35-17-21-6-5-7-22(14-21)28(34)31-27-18(2)32-33(19(27)3)16-23-10-11-24(30)15-26(23)29/h5-15H,4,16-17H2,1-3H3,(H,31,34). The van der Waals surface area contributed by atoms with Gasteiger partial charge in [-0.2, -0.15) is 5.10 Å². The molecule has 5 nitrogen and oxygen atoms in total. The monoisotopic (exact) mass is 491 g/mol. The summed E-state index contributed by atoms with van der Waals surface area (Å²) in [6.45, 7) is 6.55. The van der Waals surface area contributed by atoms with E-state index >= 15 is 0 Å². The molecule has 1 N–H and O–H groups in total. The number of carbonyl (C=O) groups excluding carboxylic acids is 1. The van der Waals surface area contributed by atoms with Crippen LogP contribution in [0.3, 0.4) is 0 Å². The Hall–Kier alpha value is -3.64. The smallest absolute Gasteiger partial charge is 0.255 e. The molecule has 4 aromatic rings. The summed E-state index contributed by atoms with van der Waals surface area (Å²) in [6, 6.07) is 19.7. The number of rotatable bonds is 8. The molecular weight excluding hydrogens is 465 g/mol. The van der Waals surface area contributed by atoms with Crippen molar-refractivity contribution in [3.05, 3.63) is 111 Å². The first-order valence-electron chi connectivity index (χ1n) is 11.4. The predicted octanol–water partition coefficient (Wildman–Crippen LogP) is 6.73. The van der Waals surface area contributed by atoms with Crippen LogP contribution in [-0.2, 0) is 19.6 Å². The molecule has 0 aliphatic heterocycles. The number of ether oxygens (including phenoxy) is 1. The third-order valence-electron chi connectivity index (χ3n) is 5.88. The average molecular weight is 492 g/mol. The average Bonchev–Trinajstić information content (AvgIpc) is 3.12. The number of hydrogen-bond donors (Lipinski definition) is 1. The van der Waals surface area contributed by atoms with E-state index in [1.54, 1.807) is 16.8 Å². The predicted molar refractivity (Wildman–Crippen MR) is 137 cm³/mol. The Kier molecular flexibility index (Phi) is 7.51. The van der Waals surface area contributed by atoms with E-state index < -0.39 is 0 Å². The maximum absolute atomic E-state index is 13.4. The Labute approximate surface area is 209 Å². The molecule has 0 saturated heterocycles. The number of hydrogen-bond acceptors (Lipinski definition) is 3. The maximum Gasteiger partial charge on any atom is 0.255 e. The number of halogens is 2. The van der Waals surface area contributed by atoms with Gasteiger partial charge in [-0.05, 0) is 73.4 Å². The Morgan fingerprint density at radius 2 is 1.83 bits per heavy atom. The number of aromatic nitrogens is 2. The lowest BCUT2D eigenvalue weighted by Gasteiger charge is -2.10. The molecule has 1 heterocycles. The first-order chi connectivity index (χ1) is 16.8. The van der Waals surface area contributed by atoms with Gasteiger partial charge in [-0.25, -0.2) is 4.39 Å². The van der Waals surface area contributed by atoms with Crippen molar-refractivity contribution in [3.63, 3.8) is 0 Å². The molecule has 0 fully saturated rings. The number of amides is 1. The second-order valence-electron chi connectivity index (χ2n) is 8.38. The molecule has 3 aromatic carbocycles. The third kappa shape index (κ3) is 5.89. The van der Waals surface area contributed by atoms with Gasteiger partial charge in [0.05, 0.1) is 23.6 Å². The lowest BCUT2D eigenvalue weighted by molar-refractivity contribution is 0.102. The van der Waals surface area contributed by atoms with Gasteiger partial charge >= 0.3 is 0 Å². The number of nitrogens with one attached hydrogen (secondary N) is 1. The first-order valence-corrected chi connectivity index (χ1v) is 11.8. The summed E-state index contributed by atoms with van der Waals surface area (Å²) in [7, 11) is 0. The summed E-state index contributed by atoms with van der Waals surface area (Å²) in [5.41, 5.74) is 5.54. The molecule has 0 bridgehead atoms. The molecule has 0 saturated carbocycles. The molecule has 4 rings (SSSR count). The molecule has 7 heteroatoms. The highest BCUT2D eigenvalue weighted by molar-refractivity contribution is 6.31. The van der Waals surface area contributed by atoms with Crippen LogP contribution < -0.4 is 10.1 Å². The van der Waals surface area contributed by atoms with Gasteiger partial charge < -0.3 is 10.1 Å². The van der Waals surface area contributed by atoms with Gasteiger partial charge in [0, 0.05) is 10.6 Å². The van der Waals surface area contributed by atoms with Gasteiger partial charge in [-0.1, -0.05) is 48.9 Å². The second kappa shape index (κ2) is 10.7. The Morgan fingerprint density at radius 1 is 1.06 bits per heavy atom. The van der Waals surface area contributed by atoms with Crippen LogP contribution in [0.5, 0.6) is 5.75 Å². The number of benzene rings is 3. The van der Waals surface area contributed by atoms with E-state index in [0.717, 1.165) is 29.0 Å². The summed E-state index contributed by atoms with van der Waals surface area (Å²) >= 11 is 6.17. The van der Waals surface area contributed by atoms with E-state index in [1.165, 1.54) is 17.7 Å². The Bertz CT molecular complexity index is 1350. The van der Waals surface area contributed by atoms with Gasteiger partial charge in [-0.15, -0.1) is 0 Å². The van der Waals surface area contributed by atoms with Crippen LogP contribution in [0.2, 0.25) is 5.02 Å². The van der Waals surface area contributed by atoms with E-state index in [9.17, 15) is 9.18 Å². The highest BCUT2D eigenvalue weighted by Crippen LogP contribution is 2.24. The largest absolute Gasteiger partial charge is 0.489 e. The lowest BCUT2D eigenvalue weighted by atomic mass is 10.1. The van der Waals surface area contributed by atoms with Gasteiger partial charge in [0.15, 0.2) is 0 Å².